The summed E-state index contributed by atoms with van der Waals surface area (Å²) in [4.78, 5) is 3.93. The van der Waals surface area contributed by atoms with Crippen LogP contribution in [0.4, 0.5) is 0 Å². The molecule has 0 aliphatic heterocycles. The first kappa shape index (κ1) is 16.0. The maximum Gasteiger partial charge on any atom is 0.0443 e. The Morgan fingerprint density at radius 2 is 2.00 bits per heavy atom. The van der Waals surface area contributed by atoms with E-state index in [0.717, 1.165) is 18.4 Å². The van der Waals surface area contributed by atoms with Crippen LogP contribution in [0.15, 0.2) is 17.5 Å². The summed E-state index contributed by atoms with van der Waals surface area (Å²) in [6, 6.07) is 5.71. The van der Waals surface area contributed by atoms with Crippen molar-refractivity contribution in [2.75, 3.05) is 20.6 Å². The van der Waals surface area contributed by atoms with Crippen LogP contribution in [0.5, 0.6) is 0 Å². The second-order valence-electron chi connectivity index (χ2n) is 6.35. The lowest BCUT2D eigenvalue weighted by atomic mass is 9.93. The van der Waals surface area contributed by atoms with Gasteiger partial charge in [0.2, 0.25) is 0 Å². The van der Waals surface area contributed by atoms with E-state index in [4.69, 9.17) is 0 Å². The molecule has 2 unspecified atom stereocenters. The lowest BCUT2D eigenvalue weighted by Gasteiger charge is -2.33. The molecule has 1 heterocycles. The van der Waals surface area contributed by atoms with Crippen LogP contribution < -0.4 is 5.32 Å². The monoisotopic (exact) mass is 294 g/mol. The lowest BCUT2D eigenvalue weighted by molar-refractivity contribution is 0.187. The van der Waals surface area contributed by atoms with E-state index in [1.807, 2.05) is 11.3 Å². The number of nitrogens with zero attached hydrogens (tertiary/aromatic N) is 1. The molecule has 1 N–H and O–H groups in total. The Morgan fingerprint density at radius 1 is 1.30 bits per heavy atom. The van der Waals surface area contributed by atoms with Crippen molar-refractivity contribution < 1.29 is 0 Å². The van der Waals surface area contributed by atoms with Crippen molar-refractivity contribution >= 4 is 11.3 Å². The molecule has 0 bridgehead atoms. The summed E-state index contributed by atoms with van der Waals surface area (Å²) in [6.45, 7) is 5.75. The van der Waals surface area contributed by atoms with Crippen LogP contribution in [0.25, 0.3) is 0 Å². The van der Waals surface area contributed by atoms with Gasteiger partial charge in [-0.1, -0.05) is 32.8 Å². The maximum atomic E-state index is 3.88. The Bertz CT molecular complexity index is 366. The van der Waals surface area contributed by atoms with Gasteiger partial charge in [0, 0.05) is 23.5 Å². The molecule has 2 atom stereocenters. The van der Waals surface area contributed by atoms with Crippen LogP contribution >= 0.6 is 11.3 Å². The van der Waals surface area contributed by atoms with Crippen LogP contribution in [0, 0.1) is 11.8 Å². The molecule has 1 aliphatic rings. The van der Waals surface area contributed by atoms with Crippen LogP contribution in [-0.4, -0.2) is 31.6 Å². The Labute approximate surface area is 128 Å². The molecule has 2 nitrogen and oxygen atoms in total. The molecule has 0 aromatic carbocycles. The minimum atomic E-state index is 0.590. The van der Waals surface area contributed by atoms with E-state index in [-0.39, 0.29) is 0 Å². The van der Waals surface area contributed by atoms with Crippen molar-refractivity contribution in [1.29, 1.82) is 0 Å². The number of thiophene rings is 1. The molecule has 3 heteroatoms. The molecule has 1 fully saturated rings. The molecular formula is C17H30N2S. The summed E-state index contributed by atoms with van der Waals surface area (Å²) < 4.78 is 0. The smallest absolute Gasteiger partial charge is 0.0443 e. The van der Waals surface area contributed by atoms with Gasteiger partial charge in [-0.05, 0) is 50.2 Å². The van der Waals surface area contributed by atoms with Gasteiger partial charge in [0.05, 0.1) is 0 Å². The largest absolute Gasteiger partial charge is 0.307 e. The van der Waals surface area contributed by atoms with Gasteiger partial charge in [0.15, 0.2) is 0 Å². The standard InChI is InChI=1S/C17H30N2S/c1-5-13(6-2)15(19(3)4)12-18-17(14-9-10-14)16-8-7-11-20-16/h7-8,11,13-15,17-18H,5-6,9-10,12H2,1-4H3. The second kappa shape index (κ2) is 7.58. The summed E-state index contributed by atoms with van der Waals surface area (Å²) in [5, 5.41) is 6.09. The Kier molecular flexibility index (Phi) is 6.06. The zero-order chi connectivity index (χ0) is 14.5. The Hall–Kier alpha value is -0.380. The van der Waals surface area contributed by atoms with Crippen LogP contribution in [-0.2, 0) is 0 Å². The molecule has 0 spiro atoms. The molecule has 114 valence electrons. The zero-order valence-corrected chi connectivity index (χ0v) is 14.2. The van der Waals surface area contributed by atoms with E-state index >= 15 is 0 Å². The highest BCUT2D eigenvalue weighted by molar-refractivity contribution is 7.10. The van der Waals surface area contributed by atoms with Crippen LogP contribution in [0.1, 0.15) is 50.4 Å². The van der Waals surface area contributed by atoms with E-state index in [1.54, 1.807) is 0 Å². The second-order valence-corrected chi connectivity index (χ2v) is 7.33. The van der Waals surface area contributed by atoms with Gasteiger partial charge >= 0.3 is 0 Å². The molecule has 0 saturated heterocycles. The highest BCUT2D eigenvalue weighted by Crippen LogP contribution is 2.42. The summed E-state index contributed by atoms with van der Waals surface area (Å²) in [6.07, 6.45) is 5.34. The molecule has 1 saturated carbocycles. The SMILES string of the molecule is CCC(CC)C(CNC(c1cccs1)C1CC1)N(C)C. The van der Waals surface area contributed by atoms with Gasteiger partial charge in [-0.25, -0.2) is 0 Å². The topological polar surface area (TPSA) is 15.3 Å². The van der Waals surface area contributed by atoms with Gasteiger partial charge in [0.25, 0.3) is 0 Å². The molecule has 0 radical (unpaired) electrons. The van der Waals surface area contributed by atoms with Gasteiger partial charge < -0.3 is 10.2 Å². The fourth-order valence-electron chi connectivity index (χ4n) is 3.25. The van der Waals surface area contributed by atoms with Gasteiger partial charge in [-0.3, -0.25) is 0 Å². The van der Waals surface area contributed by atoms with E-state index in [9.17, 15) is 0 Å². The first-order valence-corrected chi connectivity index (χ1v) is 8.98. The molecule has 0 amide bonds. The highest BCUT2D eigenvalue weighted by atomic mass is 32.1. The Balaban J connectivity index is 1.96. The number of hydrogen-bond donors (Lipinski definition) is 1. The molecule has 1 aromatic heterocycles. The van der Waals surface area contributed by atoms with Crippen molar-refractivity contribution in [3.05, 3.63) is 22.4 Å². The number of rotatable bonds is 9. The third kappa shape index (κ3) is 4.06. The summed E-state index contributed by atoms with van der Waals surface area (Å²) in [5.41, 5.74) is 0. The molecule has 1 aliphatic carbocycles. The maximum absolute atomic E-state index is 3.88. The predicted octanol–water partition coefficient (Wildman–Crippen LogP) is 4.16. The van der Waals surface area contributed by atoms with E-state index in [1.165, 1.54) is 30.6 Å². The van der Waals surface area contributed by atoms with Crippen molar-refractivity contribution in [3.8, 4) is 0 Å². The molecule has 2 rings (SSSR count). The lowest BCUT2D eigenvalue weighted by Crippen LogP contribution is -2.44. The number of nitrogens with one attached hydrogen (secondary N) is 1. The summed E-state index contributed by atoms with van der Waals surface area (Å²) in [5.74, 6) is 1.67. The number of likely N-dealkylation sites (N-methyl/N-ethyl adjacent to an activating group) is 1. The summed E-state index contributed by atoms with van der Waals surface area (Å²) >= 11 is 1.90. The van der Waals surface area contributed by atoms with Crippen molar-refractivity contribution in [2.45, 2.75) is 51.6 Å². The van der Waals surface area contributed by atoms with Crippen molar-refractivity contribution in [1.82, 2.24) is 10.2 Å². The predicted molar refractivity (Wildman–Crippen MR) is 89.3 cm³/mol. The third-order valence-electron chi connectivity index (χ3n) is 4.75. The highest BCUT2D eigenvalue weighted by Gasteiger charge is 2.33. The summed E-state index contributed by atoms with van der Waals surface area (Å²) in [7, 11) is 4.45. The average molecular weight is 295 g/mol. The molecule has 20 heavy (non-hydrogen) atoms. The average Bonchev–Trinajstić information content (AvgIpc) is 3.12. The van der Waals surface area contributed by atoms with E-state index in [2.05, 4.69) is 55.7 Å². The van der Waals surface area contributed by atoms with Crippen molar-refractivity contribution in [3.63, 3.8) is 0 Å². The normalized spacial score (nSPS) is 18.7. The molecule has 1 aromatic rings. The first-order chi connectivity index (χ1) is 9.67. The van der Waals surface area contributed by atoms with Crippen LogP contribution in [0.2, 0.25) is 0 Å². The fourth-order valence-corrected chi connectivity index (χ4v) is 4.14. The van der Waals surface area contributed by atoms with Crippen LogP contribution in [0.3, 0.4) is 0 Å². The Morgan fingerprint density at radius 3 is 2.45 bits per heavy atom. The first-order valence-electron chi connectivity index (χ1n) is 8.10. The van der Waals surface area contributed by atoms with Gasteiger partial charge in [-0.2, -0.15) is 0 Å². The quantitative estimate of drug-likeness (QED) is 0.736. The fraction of sp³-hybridized carbons (Fsp3) is 0.765. The van der Waals surface area contributed by atoms with Gasteiger partial charge in [0.1, 0.15) is 0 Å². The minimum Gasteiger partial charge on any atom is -0.307 e. The van der Waals surface area contributed by atoms with E-state index in [0.29, 0.717) is 12.1 Å². The zero-order valence-electron chi connectivity index (χ0n) is 13.4. The van der Waals surface area contributed by atoms with Crippen molar-refractivity contribution in [2.24, 2.45) is 11.8 Å². The third-order valence-corrected chi connectivity index (χ3v) is 5.70. The molecular weight excluding hydrogens is 264 g/mol. The minimum absolute atomic E-state index is 0.590. The van der Waals surface area contributed by atoms with Gasteiger partial charge in [-0.15, -0.1) is 11.3 Å². The number of hydrogen-bond acceptors (Lipinski definition) is 3. The van der Waals surface area contributed by atoms with E-state index < -0.39 is 0 Å².